The van der Waals surface area contributed by atoms with E-state index >= 15 is 0 Å². The summed E-state index contributed by atoms with van der Waals surface area (Å²) in [6.07, 6.45) is 3.42. The van der Waals surface area contributed by atoms with E-state index in [4.69, 9.17) is 0 Å². The van der Waals surface area contributed by atoms with E-state index < -0.39 is 11.9 Å². The Bertz CT molecular complexity index is 1530. The Morgan fingerprint density at radius 1 is 1.00 bits per heavy atom. The van der Waals surface area contributed by atoms with Crippen molar-refractivity contribution >= 4 is 34.5 Å². The molecular weight excluding hydrogens is 440 g/mol. The van der Waals surface area contributed by atoms with Crippen LogP contribution in [0.3, 0.4) is 0 Å². The molecule has 0 fully saturated rings. The zero-order valence-electron chi connectivity index (χ0n) is 18.9. The molecule has 1 heterocycles. The lowest BCUT2D eigenvalue weighted by molar-refractivity contribution is -0.112. The Labute approximate surface area is 202 Å². The van der Waals surface area contributed by atoms with Crippen LogP contribution < -0.4 is 5.32 Å². The van der Waals surface area contributed by atoms with Crippen LogP contribution in [0.1, 0.15) is 27.0 Å². The first-order valence-corrected chi connectivity index (χ1v) is 10.7. The molecule has 7 heteroatoms. The van der Waals surface area contributed by atoms with Gasteiger partial charge in [0.1, 0.15) is 11.6 Å². The molecule has 7 nitrogen and oxygen atoms in total. The molecule has 0 saturated heterocycles. The number of nitrogens with one attached hydrogen (secondary N) is 1. The van der Waals surface area contributed by atoms with Crippen molar-refractivity contribution < 1.29 is 14.3 Å². The predicted octanol–water partition coefficient (Wildman–Crippen LogP) is 4.89. The van der Waals surface area contributed by atoms with Crippen molar-refractivity contribution in [3.05, 3.63) is 107 Å². The van der Waals surface area contributed by atoms with Crippen molar-refractivity contribution in [2.75, 3.05) is 12.4 Å². The van der Waals surface area contributed by atoms with Gasteiger partial charge < -0.3 is 14.6 Å². The molecule has 0 saturated carbocycles. The van der Waals surface area contributed by atoms with E-state index in [1.807, 2.05) is 59.3 Å². The average molecular weight is 460 g/mol. The largest absolute Gasteiger partial charge is 0.465 e. The van der Waals surface area contributed by atoms with Gasteiger partial charge in [-0.1, -0.05) is 36.4 Å². The third kappa shape index (κ3) is 4.95. The van der Waals surface area contributed by atoms with Crippen molar-refractivity contribution in [1.29, 1.82) is 10.5 Å². The molecule has 1 N–H and O–H groups in total. The first-order chi connectivity index (χ1) is 17.0. The van der Waals surface area contributed by atoms with Crippen LogP contribution >= 0.6 is 0 Å². The van der Waals surface area contributed by atoms with Crippen molar-refractivity contribution in [3.63, 3.8) is 0 Å². The molecular formula is C28H20N4O3. The minimum atomic E-state index is -0.565. The van der Waals surface area contributed by atoms with Crippen LogP contribution in [0, 0.1) is 22.7 Å². The average Bonchev–Trinajstić information content (AvgIpc) is 3.24. The van der Waals surface area contributed by atoms with Crippen LogP contribution in [-0.2, 0) is 16.1 Å². The number of carbonyl (C=O) groups is 2. The molecule has 4 rings (SSSR count). The number of esters is 1. The molecule has 0 radical (unpaired) electrons. The highest BCUT2D eigenvalue weighted by molar-refractivity contribution is 6.11. The molecule has 170 valence electrons. The van der Waals surface area contributed by atoms with Crippen LogP contribution in [-0.4, -0.2) is 23.6 Å². The number of methoxy groups -OCH3 is 1. The minimum absolute atomic E-state index is 0.0672. The van der Waals surface area contributed by atoms with Gasteiger partial charge in [-0.05, 0) is 48.0 Å². The summed E-state index contributed by atoms with van der Waals surface area (Å²) in [5.41, 5.74) is 3.83. The fourth-order valence-corrected chi connectivity index (χ4v) is 3.78. The summed E-state index contributed by atoms with van der Waals surface area (Å²) >= 11 is 0. The van der Waals surface area contributed by atoms with Gasteiger partial charge in [0, 0.05) is 34.9 Å². The lowest BCUT2D eigenvalue weighted by atomic mass is 10.1. The van der Waals surface area contributed by atoms with Crippen LogP contribution in [0.15, 0.2) is 84.6 Å². The number of rotatable bonds is 6. The number of ether oxygens (including phenoxy) is 1. The van der Waals surface area contributed by atoms with Gasteiger partial charge in [-0.15, -0.1) is 0 Å². The first-order valence-electron chi connectivity index (χ1n) is 10.7. The number of anilines is 1. The number of para-hydroxylation sites is 1. The lowest BCUT2D eigenvalue weighted by Gasteiger charge is -2.07. The standard InChI is InChI=1S/C28H20N4O3/c1-35-28(34)19-10-12-24(13-11-19)31-27(33)22(16-30)14-23-18-32(26-9-5-4-8-25(23)26)17-21-7-3-2-6-20(21)15-29/h2-14,18H,17H2,1H3,(H,31,33)/b22-14+. The quantitative estimate of drug-likeness (QED) is 0.250. The molecule has 1 amide bonds. The summed E-state index contributed by atoms with van der Waals surface area (Å²) in [6, 6.07) is 25.5. The van der Waals surface area contributed by atoms with E-state index in [0.29, 0.717) is 28.9 Å². The second-order valence-electron chi connectivity index (χ2n) is 7.69. The third-order valence-corrected chi connectivity index (χ3v) is 5.53. The van der Waals surface area contributed by atoms with Crippen LogP contribution in [0.25, 0.3) is 17.0 Å². The summed E-state index contributed by atoms with van der Waals surface area (Å²) < 4.78 is 6.67. The minimum Gasteiger partial charge on any atom is -0.465 e. The van der Waals surface area contributed by atoms with Gasteiger partial charge in [-0.3, -0.25) is 4.79 Å². The molecule has 35 heavy (non-hydrogen) atoms. The van der Waals surface area contributed by atoms with Gasteiger partial charge >= 0.3 is 5.97 Å². The summed E-state index contributed by atoms with van der Waals surface area (Å²) in [7, 11) is 1.29. The van der Waals surface area contributed by atoms with Crippen molar-refractivity contribution in [2.45, 2.75) is 6.54 Å². The highest BCUT2D eigenvalue weighted by atomic mass is 16.5. The summed E-state index contributed by atoms with van der Waals surface area (Å²) in [4.78, 5) is 24.4. The summed E-state index contributed by atoms with van der Waals surface area (Å²) in [6.45, 7) is 0.471. The second kappa shape index (κ2) is 10.2. The third-order valence-electron chi connectivity index (χ3n) is 5.53. The highest BCUT2D eigenvalue weighted by Gasteiger charge is 2.14. The maximum absolute atomic E-state index is 12.8. The number of hydrogen-bond donors (Lipinski definition) is 1. The molecule has 0 aliphatic rings. The molecule has 0 aliphatic carbocycles. The van der Waals surface area contributed by atoms with Crippen LogP contribution in [0.2, 0.25) is 0 Å². The molecule has 0 aliphatic heterocycles. The van der Waals surface area contributed by atoms with Gasteiger partial charge in [0.05, 0.1) is 24.3 Å². The van der Waals surface area contributed by atoms with E-state index in [1.165, 1.54) is 19.2 Å². The molecule has 0 atom stereocenters. The Balaban J connectivity index is 1.64. The van der Waals surface area contributed by atoms with Crippen LogP contribution in [0.5, 0.6) is 0 Å². The van der Waals surface area contributed by atoms with Gasteiger partial charge in [-0.2, -0.15) is 10.5 Å². The summed E-state index contributed by atoms with van der Waals surface area (Å²) in [5, 5.41) is 22.7. The van der Waals surface area contributed by atoms with E-state index in [2.05, 4.69) is 16.1 Å². The van der Waals surface area contributed by atoms with Gasteiger partial charge in [0.15, 0.2) is 0 Å². The monoisotopic (exact) mass is 460 g/mol. The number of nitriles is 2. The van der Waals surface area contributed by atoms with E-state index in [0.717, 1.165) is 16.5 Å². The number of nitrogens with zero attached hydrogens (tertiary/aromatic N) is 3. The first kappa shape index (κ1) is 23.0. The number of carbonyl (C=O) groups excluding carboxylic acids is 2. The maximum atomic E-state index is 12.8. The predicted molar refractivity (Wildman–Crippen MR) is 132 cm³/mol. The Hall–Kier alpha value is -5.14. The van der Waals surface area contributed by atoms with Crippen LogP contribution in [0.4, 0.5) is 5.69 Å². The second-order valence-corrected chi connectivity index (χ2v) is 7.69. The zero-order valence-corrected chi connectivity index (χ0v) is 18.9. The number of hydrogen-bond acceptors (Lipinski definition) is 5. The Morgan fingerprint density at radius 3 is 2.43 bits per heavy atom. The summed E-state index contributed by atoms with van der Waals surface area (Å²) in [5.74, 6) is -1.04. The van der Waals surface area contributed by atoms with Crippen molar-refractivity contribution in [1.82, 2.24) is 4.57 Å². The number of fused-ring (bicyclic) bond motifs is 1. The fourth-order valence-electron chi connectivity index (χ4n) is 3.78. The smallest absolute Gasteiger partial charge is 0.337 e. The van der Waals surface area contributed by atoms with Gasteiger partial charge in [-0.25, -0.2) is 4.79 Å². The molecule has 0 spiro atoms. The van der Waals surface area contributed by atoms with E-state index in [-0.39, 0.29) is 5.57 Å². The molecule has 0 bridgehead atoms. The van der Waals surface area contributed by atoms with Crippen molar-refractivity contribution in [3.8, 4) is 12.1 Å². The Morgan fingerprint density at radius 2 is 1.71 bits per heavy atom. The van der Waals surface area contributed by atoms with Gasteiger partial charge in [0.25, 0.3) is 5.91 Å². The topological polar surface area (TPSA) is 108 Å². The number of benzene rings is 3. The maximum Gasteiger partial charge on any atom is 0.337 e. The Kier molecular flexibility index (Phi) is 6.71. The SMILES string of the molecule is COC(=O)c1ccc(NC(=O)/C(C#N)=C/c2cn(Cc3ccccc3C#N)c3ccccc23)cc1. The van der Waals surface area contributed by atoms with E-state index in [1.54, 1.807) is 24.3 Å². The number of amides is 1. The van der Waals surface area contributed by atoms with Gasteiger partial charge in [0.2, 0.25) is 0 Å². The lowest BCUT2D eigenvalue weighted by Crippen LogP contribution is -2.13. The molecule has 0 unspecified atom stereocenters. The fraction of sp³-hybridized carbons (Fsp3) is 0.0714. The van der Waals surface area contributed by atoms with E-state index in [9.17, 15) is 20.1 Å². The highest BCUT2D eigenvalue weighted by Crippen LogP contribution is 2.25. The zero-order chi connectivity index (χ0) is 24.8. The number of aromatic nitrogens is 1. The molecule has 4 aromatic rings. The molecule has 3 aromatic carbocycles. The van der Waals surface area contributed by atoms with Crippen molar-refractivity contribution in [2.24, 2.45) is 0 Å². The molecule has 1 aromatic heterocycles. The normalized spacial score (nSPS) is 10.9.